The Labute approximate surface area is 81.0 Å². The van der Waals surface area contributed by atoms with E-state index in [-0.39, 0.29) is 11.6 Å². The maximum Gasteiger partial charge on any atom is 0.149 e. The fraction of sp³-hybridized carbons (Fsp3) is 0.182. The molecule has 0 amide bonds. The lowest BCUT2D eigenvalue weighted by Crippen LogP contribution is -2.04. The van der Waals surface area contributed by atoms with Crippen molar-refractivity contribution >= 4 is 16.7 Å². The first kappa shape index (κ1) is 8.94. The van der Waals surface area contributed by atoms with Gasteiger partial charge in [-0.1, -0.05) is 0 Å². The van der Waals surface area contributed by atoms with Gasteiger partial charge in [0.1, 0.15) is 11.6 Å². The van der Waals surface area contributed by atoms with Crippen LogP contribution in [-0.2, 0) is 11.3 Å². The summed E-state index contributed by atoms with van der Waals surface area (Å²) in [6.07, 6.45) is 1.80. The Morgan fingerprint density at radius 3 is 2.93 bits per heavy atom. The van der Waals surface area contributed by atoms with Crippen molar-refractivity contribution in [1.82, 2.24) is 4.57 Å². The average molecular weight is 191 g/mol. The molecule has 14 heavy (non-hydrogen) atoms. The lowest BCUT2D eigenvalue weighted by molar-refractivity contribution is -0.117. The van der Waals surface area contributed by atoms with Crippen LogP contribution in [0.5, 0.6) is 0 Å². The quantitative estimate of drug-likeness (QED) is 0.714. The van der Waals surface area contributed by atoms with Gasteiger partial charge in [-0.3, -0.25) is 4.79 Å². The van der Waals surface area contributed by atoms with Crippen LogP contribution in [0.1, 0.15) is 6.92 Å². The zero-order valence-corrected chi connectivity index (χ0v) is 7.83. The highest BCUT2D eigenvalue weighted by molar-refractivity contribution is 5.83. The lowest BCUT2D eigenvalue weighted by Gasteiger charge is -2.01. The molecule has 0 radical (unpaired) electrons. The average Bonchev–Trinajstić information content (AvgIpc) is 2.47. The molecule has 1 aromatic carbocycles. The summed E-state index contributed by atoms with van der Waals surface area (Å²) < 4.78 is 14.6. The van der Waals surface area contributed by atoms with Crippen molar-refractivity contribution in [1.29, 1.82) is 0 Å². The number of nitrogens with zero attached hydrogens (tertiary/aromatic N) is 1. The Bertz CT molecular complexity index is 487. The van der Waals surface area contributed by atoms with Gasteiger partial charge in [0, 0.05) is 17.1 Å². The fourth-order valence-electron chi connectivity index (χ4n) is 1.55. The van der Waals surface area contributed by atoms with E-state index >= 15 is 0 Å². The molecule has 0 fully saturated rings. The van der Waals surface area contributed by atoms with Crippen LogP contribution in [0.4, 0.5) is 4.39 Å². The summed E-state index contributed by atoms with van der Waals surface area (Å²) in [4.78, 5) is 10.9. The minimum absolute atomic E-state index is 0.0897. The van der Waals surface area contributed by atoms with Crippen molar-refractivity contribution in [3.63, 3.8) is 0 Å². The van der Waals surface area contributed by atoms with Crippen molar-refractivity contribution in [3.8, 4) is 0 Å². The molecule has 0 aliphatic carbocycles. The number of rotatable bonds is 2. The molecular weight excluding hydrogens is 181 g/mol. The molecule has 0 aliphatic heterocycles. The molecule has 3 heteroatoms. The molecule has 0 spiro atoms. The number of aromatic nitrogens is 1. The van der Waals surface area contributed by atoms with Crippen LogP contribution >= 0.6 is 0 Å². The van der Waals surface area contributed by atoms with Crippen LogP contribution in [0.3, 0.4) is 0 Å². The third-order valence-corrected chi connectivity index (χ3v) is 2.13. The number of Topliss-reactive ketones (excluding diaryl/α,β-unsaturated/α-hetero) is 1. The number of fused-ring (bicyclic) bond motifs is 1. The zero-order chi connectivity index (χ0) is 10.1. The standard InChI is InChI=1S/C11H10FNO/c1-8(14)7-13-5-4-9-6-10(12)2-3-11(9)13/h2-6H,7H2,1H3. The van der Waals surface area contributed by atoms with Crippen LogP contribution in [0.25, 0.3) is 10.9 Å². The number of halogens is 1. The second-order valence-electron chi connectivity index (χ2n) is 3.35. The number of benzene rings is 1. The predicted octanol–water partition coefficient (Wildman–Crippen LogP) is 2.37. The Morgan fingerprint density at radius 1 is 1.43 bits per heavy atom. The molecule has 0 unspecified atom stereocenters. The van der Waals surface area contributed by atoms with Gasteiger partial charge in [0.05, 0.1) is 6.54 Å². The normalized spacial score (nSPS) is 10.7. The summed E-state index contributed by atoms with van der Waals surface area (Å²) in [7, 11) is 0. The SMILES string of the molecule is CC(=O)Cn1ccc2cc(F)ccc21. The number of carbonyl (C=O) groups excluding carboxylic acids is 1. The zero-order valence-electron chi connectivity index (χ0n) is 7.83. The van der Waals surface area contributed by atoms with Gasteiger partial charge in [0.2, 0.25) is 0 Å². The van der Waals surface area contributed by atoms with Gasteiger partial charge < -0.3 is 4.57 Å². The second-order valence-corrected chi connectivity index (χ2v) is 3.35. The topological polar surface area (TPSA) is 22.0 Å². The Balaban J connectivity index is 2.52. The summed E-state index contributed by atoms with van der Waals surface area (Å²) in [6.45, 7) is 1.88. The lowest BCUT2D eigenvalue weighted by atomic mass is 10.2. The highest BCUT2D eigenvalue weighted by Gasteiger charge is 2.03. The third-order valence-electron chi connectivity index (χ3n) is 2.13. The summed E-state index contributed by atoms with van der Waals surface area (Å²) in [5, 5.41) is 0.825. The molecule has 2 rings (SSSR count). The number of hydrogen-bond donors (Lipinski definition) is 0. The third kappa shape index (κ3) is 1.53. The Hall–Kier alpha value is -1.64. The Morgan fingerprint density at radius 2 is 2.21 bits per heavy atom. The molecule has 0 saturated carbocycles. The van der Waals surface area contributed by atoms with Crippen LogP contribution in [0, 0.1) is 5.82 Å². The van der Waals surface area contributed by atoms with Gasteiger partial charge in [0.25, 0.3) is 0 Å². The van der Waals surface area contributed by atoms with Gasteiger partial charge in [-0.05, 0) is 31.2 Å². The van der Waals surface area contributed by atoms with Crippen LogP contribution in [0.15, 0.2) is 30.5 Å². The molecule has 72 valence electrons. The minimum Gasteiger partial charge on any atom is -0.340 e. The van der Waals surface area contributed by atoms with Crippen molar-refractivity contribution in [2.24, 2.45) is 0 Å². The number of carbonyl (C=O) groups is 1. The summed E-state index contributed by atoms with van der Waals surface area (Å²) in [5.74, 6) is -0.162. The second kappa shape index (κ2) is 3.25. The molecule has 0 aliphatic rings. The first-order chi connectivity index (χ1) is 6.66. The van der Waals surface area contributed by atoms with Crippen LogP contribution in [0.2, 0.25) is 0 Å². The first-order valence-electron chi connectivity index (χ1n) is 4.40. The van der Waals surface area contributed by atoms with Gasteiger partial charge in [0.15, 0.2) is 0 Å². The van der Waals surface area contributed by atoms with E-state index in [0.29, 0.717) is 6.54 Å². The van der Waals surface area contributed by atoms with Gasteiger partial charge in [-0.25, -0.2) is 4.39 Å². The minimum atomic E-state index is -0.252. The fourth-order valence-corrected chi connectivity index (χ4v) is 1.55. The highest BCUT2D eigenvalue weighted by atomic mass is 19.1. The maximum atomic E-state index is 12.8. The largest absolute Gasteiger partial charge is 0.340 e. The van der Waals surface area contributed by atoms with Gasteiger partial charge >= 0.3 is 0 Å². The van der Waals surface area contributed by atoms with E-state index in [4.69, 9.17) is 0 Å². The molecule has 0 atom stereocenters. The summed E-state index contributed by atoms with van der Waals surface area (Å²) >= 11 is 0. The van der Waals surface area contributed by atoms with E-state index in [1.165, 1.54) is 19.1 Å². The van der Waals surface area contributed by atoms with Crippen LogP contribution in [-0.4, -0.2) is 10.4 Å². The molecule has 1 aromatic heterocycles. The monoisotopic (exact) mass is 191 g/mol. The van der Waals surface area contributed by atoms with E-state index < -0.39 is 0 Å². The predicted molar refractivity (Wildman–Crippen MR) is 52.6 cm³/mol. The van der Waals surface area contributed by atoms with Crippen molar-refractivity contribution in [2.75, 3.05) is 0 Å². The molecule has 1 heterocycles. The van der Waals surface area contributed by atoms with E-state index in [0.717, 1.165) is 10.9 Å². The van der Waals surface area contributed by atoms with Crippen molar-refractivity contribution < 1.29 is 9.18 Å². The van der Waals surface area contributed by atoms with E-state index in [1.807, 2.05) is 4.57 Å². The van der Waals surface area contributed by atoms with Crippen molar-refractivity contribution in [2.45, 2.75) is 13.5 Å². The van der Waals surface area contributed by atoms with Crippen molar-refractivity contribution in [3.05, 3.63) is 36.3 Å². The smallest absolute Gasteiger partial charge is 0.149 e. The van der Waals surface area contributed by atoms with Gasteiger partial charge in [-0.2, -0.15) is 0 Å². The van der Waals surface area contributed by atoms with Gasteiger partial charge in [-0.15, -0.1) is 0 Å². The first-order valence-corrected chi connectivity index (χ1v) is 4.40. The Kier molecular flexibility index (Phi) is 2.08. The number of hydrogen-bond acceptors (Lipinski definition) is 1. The summed E-state index contributed by atoms with van der Waals surface area (Å²) in [5.41, 5.74) is 0.890. The highest BCUT2D eigenvalue weighted by Crippen LogP contribution is 2.16. The number of ketones is 1. The van der Waals surface area contributed by atoms with E-state index in [9.17, 15) is 9.18 Å². The molecule has 2 nitrogen and oxygen atoms in total. The molecule has 0 saturated heterocycles. The molecular formula is C11H10FNO. The van der Waals surface area contributed by atoms with Crippen LogP contribution < -0.4 is 0 Å². The molecule has 0 N–H and O–H groups in total. The molecule has 2 aromatic rings. The maximum absolute atomic E-state index is 12.8. The molecule has 0 bridgehead atoms. The summed E-state index contributed by atoms with van der Waals surface area (Å²) in [6, 6.07) is 6.36. The van der Waals surface area contributed by atoms with E-state index in [1.54, 1.807) is 18.3 Å². The van der Waals surface area contributed by atoms with E-state index in [2.05, 4.69) is 0 Å².